The van der Waals surface area contributed by atoms with Crippen LogP contribution in [-0.2, 0) is 14.8 Å². The number of aryl methyl sites for hydroxylation is 1. The second-order valence-electron chi connectivity index (χ2n) is 6.81. The predicted molar refractivity (Wildman–Crippen MR) is 117 cm³/mol. The van der Waals surface area contributed by atoms with Gasteiger partial charge in [-0.3, -0.25) is 9.10 Å². The van der Waals surface area contributed by atoms with Gasteiger partial charge in [-0.05, 0) is 55.5 Å². The molecule has 1 N–H and O–H groups in total. The molecule has 1 amide bonds. The highest BCUT2D eigenvalue weighted by Gasteiger charge is 2.26. The summed E-state index contributed by atoms with van der Waals surface area (Å²) in [5.74, 6) is -0.358. The molecule has 0 aliphatic carbocycles. The minimum absolute atomic E-state index is 0.100. The van der Waals surface area contributed by atoms with Crippen LogP contribution in [0.4, 0.5) is 10.1 Å². The van der Waals surface area contributed by atoms with Gasteiger partial charge in [0.15, 0.2) is 0 Å². The van der Waals surface area contributed by atoms with Gasteiger partial charge in [-0.2, -0.15) is 0 Å². The second-order valence-corrected chi connectivity index (χ2v) is 8.67. The Kier molecular flexibility index (Phi) is 7.25. The van der Waals surface area contributed by atoms with Crippen molar-refractivity contribution < 1.29 is 22.3 Å². The van der Waals surface area contributed by atoms with Crippen molar-refractivity contribution >= 4 is 21.6 Å². The first-order valence-corrected chi connectivity index (χ1v) is 11.1. The van der Waals surface area contributed by atoms with Gasteiger partial charge >= 0.3 is 0 Å². The van der Waals surface area contributed by atoms with Crippen LogP contribution >= 0.6 is 0 Å². The Morgan fingerprint density at radius 3 is 2.26 bits per heavy atom. The molecule has 3 aromatic carbocycles. The maximum absolute atomic E-state index is 13.2. The third-order valence-corrected chi connectivity index (χ3v) is 6.24. The summed E-state index contributed by atoms with van der Waals surface area (Å²) in [5, 5.41) is 2.66. The molecule has 0 atom stereocenters. The molecule has 0 saturated carbocycles. The Morgan fingerprint density at radius 1 is 0.968 bits per heavy atom. The summed E-state index contributed by atoms with van der Waals surface area (Å²) >= 11 is 0. The van der Waals surface area contributed by atoms with Crippen LogP contribution in [0, 0.1) is 12.7 Å². The van der Waals surface area contributed by atoms with E-state index in [0.717, 1.165) is 9.87 Å². The van der Waals surface area contributed by atoms with Gasteiger partial charge in [0.1, 0.15) is 24.7 Å². The van der Waals surface area contributed by atoms with E-state index in [9.17, 15) is 17.6 Å². The second kappa shape index (κ2) is 10.1. The van der Waals surface area contributed by atoms with E-state index in [-0.39, 0.29) is 30.4 Å². The van der Waals surface area contributed by atoms with E-state index in [0.29, 0.717) is 11.4 Å². The number of nitrogens with zero attached hydrogens (tertiary/aromatic N) is 1. The summed E-state index contributed by atoms with van der Waals surface area (Å²) < 4.78 is 45.8. The maximum Gasteiger partial charge on any atom is 0.264 e. The number of carbonyl (C=O) groups is 1. The van der Waals surface area contributed by atoms with Crippen molar-refractivity contribution in [1.82, 2.24) is 5.32 Å². The Morgan fingerprint density at radius 2 is 1.61 bits per heavy atom. The summed E-state index contributed by atoms with van der Waals surface area (Å²) in [7, 11) is -3.93. The Hall–Kier alpha value is -3.39. The molecule has 0 saturated heterocycles. The molecule has 0 fully saturated rings. The topological polar surface area (TPSA) is 75.7 Å². The zero-order valence-electron chi connectivity index (χ0n) is 17.0. The lowest BCUT2D eigenvalue weighted by Crippen LogP contribution is -2.41. The van der Waals surface area contributed by atoms with Crippen LogP contribution in [0.15, 0.2) is 83.8 Å². The summed E-state index contributed by atoms with van der Waals surface area (Å²) in [6.45, 7) is 1.85. The summed E-state index contributed by atoms with van der Waals surface area (Å²) in [5.41, 5.74) is 1.37. The highest BCUT2D eigenvalue weighted by atomic mass is 32.2. The van der Waals surface area contributed by atoms with Crippen molar-refractivity contribution in [2.24, 2.45) is 0 Å². The lowest BCUT2D eigenvalue weighted by atomic mass is 10.2. The molecule has 0 aliphatic heterocycles. The third-order valence-electron chi connectivity index (χ3n) is 4.45. The molecule has 0 unspecified atom stereocenters. The molecule has 0 aliphatic rings. The molecule has 162 valence electrons. The van der Waals surface area contributed by atoms with Crippen LogP contribution < -0.4 is 14.4 Å². The molecular formula is C23H23FN2O4S. The zero-order valence-corrected chi connectivity index (χ0v) is 17.8. The molecule has 0 heterocycles. The number of benzene rings is 3. The minimum atomic E-state index is -3.93. The van der Waals surface area contributed by atoms with E-state index in [1.165, 1.54) is 36.4 Å². The monoisotopic (exact) mass is 442 g/mol. The Balaban J connectivity index is 1.67. The maximum atomic E-state index is 13.2. The number of anilines is 1. The van der Waals surface area contributed by atoms with Gasteiger partial charge in [0.2, 0.25) is 5.91 Å². The largest absolute Gasteiger partial charge is 0.492 e. The molecule has 31 heavy (non-hydrogen) atoms. The summed E-state index contributed by atoms with van der Waals surface area (Å²) in [6, 6.07) is 20.4. The fourth-order valence-corrected chi connectivity index (χ4v) is 4.26. The van der Waals surface area contributed by atoms with Gasteiger partial charge in [0, 0.05) is 0 Å². The molecule has 0 bridgehead atoms. The normalized spacial score (nSPS) is 11.0. The molecule has 0 radical (unpaired) electrons. The van der Waals surface area contributed by atoms with Crippen molar-refractivity contribution in [3.63, 3.8) is 0 Å². The zero-order chi connectivity index (χ0) is 22.3. The molecule has 0 aromatic heterocycles. The van der Waals surface area contributed by atoms with Gasteiger partial charge in [-0.25, -0.2) is 12.8 Å². The third kappa shape index (κ3) is 6.05. The van der Waals surface area contributed by atoms with Crippen molar-refractivity contribution in [3.8, 4) is 5.75 Å². The molecular weight excluding hydrogens is 419 g/mol. The highest BCUT2D eigenvalue weighted by Crippen LogP contribution is 2.23. The number of hydrogen-bond donors (Lipinski definition) is 1. The van der Waals surface area contributed by atoms with Gasteiger partial charge in [0.25, 0.3) is 10.0 Å². The van der Waals surface area contributed by atoms with E-state index in [4.69, 9.17) is 4.74 Å². The van der Waals surface area contributed by atoms with E-state index < -0.39 is 15.9 Å². The van der Waals surface area contributed by atoms with Gasteiger partial charge in [-0.1, -0.05) is 35.9 Å². The first-order valence-electron chi connectivity index (χ1n) is 9.66. The van der Waals surface area contributed by atoms with Crippen LogP contribution in [-0.4, -0.2) is 34.0 Å². The number of nitrogens with one attached hydrogen (secondary N) is 1. The number of ether oxygens (including phenoxy) is 1. The van der Waals surface area contributed by atoms with E-state index in [1.807, 2.05) is 6.92 Å². The first-order chi connectivity index (χ1) is 14.9. The Labute approximate surface area is 181 Å². The number of halogens is 1. The molecule has 8 heteroatoms. The van der Waals surface area contributed by atoms with Crippen molar-refractivity contribution in [3.05, 3.63) is 90.2 Å². The van der Waals surface area contributed by atoms with Crippen LogP contribution in [0.1, 0.15) is 5.56 Å². The van der Waals surface area contributed by atoms with E-state index in [2.05, 4.69) is 5.32 Å². The van der Waals surface area contributed by atoms with Crippen molar-refractivity contribution in [2.45, 2.75) is 11.8 Å². The lowest BCUT2D eigenvalue weighted by Gasteiger charge is -2.24. The van der Waals surface area contributed by atoms with Crippen molar-refractivity contribution in [1.29, 1.82) is 0 Å². The SMILES string of the molecule is Cc1ccc(N(CC(=O)NCCOc2ccc(F)cc2)S(=O)(=O)c2ccccc2)cc1. The van der Waals surface area contributed by atoms with Gasteiger partial charge < -0.3 is 10.1 Å². The summed E-state index contributed by atoms with van der Waals surface area (Å²) in [4.78, 5) is 12.6. The fraction of sp³-hybridized carbons (Fsp3) is 0.174. The summed E-state index contributed by atoms with van der Waals surface area (Å²) in [6.07, 6.45) is 0. The number of rotatable bonds is 9. The standard InChI is InChI=1S/C23H23FN2O4S/c1-18-7-11-20(12-8-18)26(31(28,29)22-5-3-2-4-6-22)17-23(27)25-15-16-30-21-13-9-19(24)10-14-21/h2-14H,15-17H2,1H3,(H,25,27). The predicted octanol–water partition coefficient (Wildman–Crippen LogP) is 3.52. The molecule has 6 nitrogen and oxygen atoms in total. The lowest BCUT2D eigenvalue weighted by molar-refractivity contribution is -0.119. The highest BCUT2D eigenvalue weighted by molar-refractivity contribution is 7.92. The van der Waals surface area contributed by atoms with Gasteiger partial charge in [-0.15, -0.1) is 0 Å². The van der Waals surface area contributed by atoms with Crippen LogP contribution in [0.3, 0.4) is 0 Å². The quantitative estimate of drug-likeness (QED) is 0.515. The van der Waals surface area contributed by atoms with Crippen LogP contribution in [0.25, 0.3) is 0 Å². The van der Waals surface area contributed by atoms with Gasteiger partial charge in [0.05, 0.1) is 17.1 Å². The van der Waals surface area contributed by atoms with Crippen molar-refractivity contribution in [2.75, 3.05) is 24.0 Å². The molecule has 0 spiro atoms. The molecule has 3 aromatic rings. The van der Waals surface area contributed by atoms with E-state index in [1.54, 1.807) is 42.5 Å². The van der Waals surface area contributed by atoms with Crippen LogP contribution in [0.2, 0.25) is 0 Å². The number of amides is 1. The average Bonchev–Trinajstić information content (AvgIpc) is 2.77. The first kappa shape index (κ1) is 22.3. The Bertz CT molecular complexity index is 1100. The van der Waals surface area contributed by atoms with Crippen LogP contribution in [0.5, 0.6) is 5.75 Å². The fourth-order valence-electron chi connectivity index (χ4n) is 2.82. The smallest absolute Gasteiger partial charge is 0.264 e. The minimum Gasteiger partial charge on any atom is -0.492 e. The van der Waals surface area contributed by atoms with E-state index >= 15 is 0 Å². The molecule has 3 rings (SSSR count). The number of sulfonamides is 1. The average molecular weight is 443 g/mol. The number of hydrogen-bond acceptors (Lipinski definition) is 4. The number of carbonyl (C=O) groups excluding carboxylic acids is 1.